The van der Waals surface area contributed by atoms with Crippen LogP contribution in [-0.4, -0.2) is 56.9 Å². The first-order valence-electron chi connectivity index (χ1n) is 11.2. The average Bonchev–Trinajstić information content (AvgIpc) is 3.13. The monoisotopic (exact) mass is 504 g/mol. The highest BCUT2D eigenvalue weighted by Crippen LogP contribution is 2.39. The first kappa shape index (κ1) is 23.7. The van der Waals surface area contributed by atoms with E-state index in [4.69, 9.17) is 4.74 Å². The van der Waals surface area contributed by atoms with Crippen molar-refractivity contribution in [1.29, 1.82) is 0 Å². The number of rotatable bonds is 4. The van der Waals surface area contributed by atoms with Gasteiger partial charge in [0.1, 0.15) is 0 Å². The number of carbonyl (C=O) groups is 1. The minimum atomic E-state index is -5.09. The first-order chi connectivity index (χ1) is 16.4. The molecule has 3 heterocycles. The number of hydrogen-bond donors (Lipinski definition) is 0. The van der Waals surface area contributed by atoms with Gasteiger partial charge in [0.05, 0.1) is 28.2 Å². The number of Topliss-reactive ketones (excluding diaryl/α,β-unsaturated/α-hetero) is 1. The zero-order valence-electron chi connectivity index (χ0n) is 19.1. The quantitative estimate of drug-likeness (QED) is 0.479. The Morgan fingerprint density at radius 1 is 1.06 bits per heavy atom. The summed E-state index contributed by atoms with van der Waals surface area (Å²) < 4.78 is 70.6. The minimum Gasteiger partial charge on any atom is -0.371 e. The molecule has 10 heteroatoms. The number of carbonyl (C=O) groups excluding carboxylic acids is 1. The molecule has 2 atom stereocenters. The van der Waals surface area contributed by atoms with Gasteiger partial charge in [-0.25, -0.2) is 8.42 Å². The third kappa shape index (κ3) is 4.40. The Kier molecular flexibility index (Phi) is 5.63. The number of halogens is 3. The molecule has 0 saturated carbocycles. The lowest BCUT2D eigenvalue weighted by atomic mass is 9.91. The highest BCUT2D eigenvalue weighted by atomic mass is 32.2. The number of ether oxygens (including phenoxy) is 1. The summed E-state index contributed by atoms with van der Waals surface area (Å²) in [5.41, 5.74) is 1.08. The van der Waals surface area contributed by atoms with Crippen molar-refractivity contribution in [2.75, 3.05) is 24.2 Å². The lowest BCUT2D eigenvalue weighted by Crippen LogP contribution is -2.42. The van der Waals surface area contributed by atoms with E-state index in [1.165, 1.54) is 31.2 Å². The predicted octanol–water partition coefficient (Wildman–Crippen LogP) is 4.73. The maximum atomic E-state index is 13.6. The van der Waals surface area contributed by atoms with Crippen molar-refractivity contribution in [1.82, 2.24) is 4.98 Å². The van der Waals surface area contributed by atoms with Crippen molar-refractivity contribution < 1.29 is 31.1 Å². The Labute approximate surface area is 200 Å². The fraction of sp³-hybridized carbons (Fsp3) is 0.360. The maximum Gasteiger partial charge on any atom is 0.454 e. The maximum absolute atomic E-state index is 13.6. The Bertz CT molecular complexity index is 1420. The van der Waals surface area contributed by atoms with E-state index in [1.54, 1.807) is 12.1 Å². The van der Waals surface area contributed by atoms with Crippen LogP contribution in [0.25, 0.3) is 22.0 Å². The Morgan fingerprint density at radius 2 is 1.69 bits per heavy atom. The van der Waals surface area contributed by atoms with E-state index in [1.807, 2.05) is 6.07 Å². The minimum absolute atomic E-state index is 0.0320. The van der Waals surface area contributed by atoms with Gasteiger partial charge in [-0.3, -0.25) is 9.78 Å². The van der Waals surface area contributed by atoms with E-state index in [0.717, 1.165) is 24.8 Å². The topological polar surface area (TPSA) is 76.6 Å². The van der Waals surface area contributed by atoms with E-state index in [-0.39, 0.29) is 28.4 Å². The van der Waals surface area contributed by atoms with Gasteiger partial charge in [-0.2, -0.15) is 13.2 Å². The molecule has 3 aromatic rings. The van der Waals surface area contributed by atoms with Crippen molar-refractivity contribution in [3.05, 3.63) is 53.7 Å². The Morgan fingerprint density at radius 3 is 2.26 bits per heavy atom. The normalized spacial score (nSPS) is 20.4. The Hall–Kier alpha value is -2.98. The summed E-state index contributed by atoms with van der Waals surface area (Å²) in [5, 5.41) is 0.395. The molecule has 2 unspecified atom stereocenters. The molecule has 1 aromatic heterocycles. The van der Waals surface area contributed by atoms with Crippen LogP contribution in [0.1, 0.15) is 28.9 Å². The smallest absolute Gasteiger partial charge is 0.371 e. The molecule has 2 aromatic carbocycles. The van der Waals surface area contributed by atoms with E-state index in [0.29, 0.717) is 29.6 Å². The van der Waals surface area contributed by atoms with E-state index in [2.05, 4.69) is 9.88 Å². The number of aryl methyl sites for hydroxylation is 1. The lowest BCUT2D eigenvalue weighted by molar-refractivity contribution is -0.0885. The zero-order chi connectivity index (χ0) is 25.1. The molecule has 0 N–H and O–H groups in total. The van der Waals surface area contributed by atoms with Crippen molar-refractivity contribution in [2.45, 2.75) is 43.0 Å². The van der Waals surface area contributed by atoms with Gasteiger partial charge in [0.15, 0.2) is 9.84 Å². The van der Waals surface area contributed by atoms with Gasteiger partial charge in [0.25, 0.3) is 5.78 Å². The van der Waals surface area contributed by atoms with E-state index in [9.17, 15) is 26.4 Å². The molecule has 5 rings (SSSR count). The molecule has 2 aliphatic heterocycles. The molecule has 2 fully saturated rings. The number of anilines is 1. The van der Waals surface area contributed by atoms with Gasteiger partial charge in [0, 0.05) is 41.7 Å². The number of ketones is 1. The van der Waals surface area contributed by atoms with Crippen LogP contribution in [0.5, 0.6) is 0 Å². The fourth-order valence-corrected chi connectivity index (χ4v) is 5.61. The van der Waals surface area contributed by atoms with Crippen molar-refractivity contribution in [3.63, 3.8) is 0 Å². The van der Waals surface area contributed by atoms with Gasteiger partial charge < -0.3 is 9.64 Å². The second kappa shape index (κ2) is 8.30. The first-order valence-corrected chi connectivity index (χ1v) is 13.1. The second-order valence-electron chi connectivity index (χ2n) is 9.13. The summed E-state index contributed by atoms with van der Waals surface area (Å²) >= 11 is 0. The number of hydrogen-bond acceptors (Lipinski definition) is 6. The molecule has 2 bridgehead atoms. The molecule has 0 radical (unpaired) electrons. The number of benzene rings is 2. The molecular weight excluding hydrogens is 481 g/mol. The van der Waals surface area contributed by atoms with Crippen molar-refractivity contribution in [2.24, 2.45) is 0 Å². The summed E-state index contributed by atoms with van der Waals surface area (Å²) in [4.78, 5) is 19.0. The Balaban J connectivity index is 1.73. The number of nitrogens with zero attached hydrogens (tertiary/aromatic N) is 2. The molecule has 6 nitrogen and oxygen atoms in total. The summed E-state index contributed by atoms with van der Waals surface area (Å²) in [6, 6.07) is 10.9. The largest absolute Gasteiger partial charge is 0.454 e. The number of alkyl halides is 3. The van der Waals surface area contributed by atoms with Crippen LogP contribution in [0.2, 0.25) is 0 Å². The molecule has 2 saturated heterocycles. The fourth-order valence-electron chi connectivity index (χ4n) is 4.98. The summed E-state index contributed by atoms with van der Waals surface area (Å²) in [7, 11) is -3.51. The third-order valence-electron chi connectivity index (χ3n) is 6.61. The van der Waals surface area contributed by atoms with Crippen LogP contribution >= 0.6 is 0 Å². The molecule has 0 aliphatic carbocycles. The van der Waals surface area contributed by atoms with Gasteiger partial charge >= 0.3 is 6.18 Å². The van der Waals surface area contributed by atoms with Gasteiger partial charge in [-0.05, 0) is 55.7 Å². The molecule has 35 heavy (non-hydrogen) atoms. The summed E-state index contributed by atoms with van der Waals surface area (Å²) in [6.07, 6.45) is -1.87. The lowest BCUT2D eigenvalue weighted by Gasteiger charge is -2.34. The zero-order valence-corrected chi connectivity index (χ0v) is 19.9. The van der Waals surface area contributed by atoms with E-state index >= 15 is 0 Å². The van der Waals surface area contributed by atoms with Crippen LogP contribution in [0.4, 0.5) is 18.9 Å². The number of morpholine rings is 1. The van der Waals surface area contributed by atoms with Gasteiger partial charge in [0.2, 0.25) is 0 Å². The molecule has 184 valence electrons. The molecule has 2 aliphatic rings. The number of fused-ring (bicyclic) bond motifs is 3. The van der Waals surface area contributed by atoms with Crippen LogP contribution in [0.3, 0.4) is 0 Å². The SMILES string of the molecule is Cc1nc2ccc(N3CC4CCC(C3)O4)cc2c(-c2ccc(S(C)(=O)=O)cc2)c1C(=O)C(F)(F)F. The second-order valence-corrected chi connectivity index (χ2v) is 11.2. The molecule has 0 spiro atoms. The number of pyridine rings is 1. The van der Waals surface area contributed by atoms with Crippen molar-refractivity contribution in [3.8, 4) is 11.1 Å². The van der Waals surface area contributed by atoms with Gasteiger partial charge in [-0.15, -0.1) is 0 Å². The third-order valence-corrected chi connectivity index (χ3v) is 7.74. The highest BCUT2D eigenvalue weighted by Gasteiger charge is 2.42. The predicted molar refractivity (Wildman–Crippen MR) is 126 cm³/mol. The number of aromatic nitrogens is 1. The van der Waals surface area contributed by atoms with Crippen LogP contribution in [0, 0.1) is 6.92 Å². The van der Waals surface area contributed by atoms with Crippen molar-refractivity contribution >= 4 is 32.2 Å². The summed E-state index contributed by atoms with van der Waals surface area (Å²) in [5.74, 6) is -1.98. The van der Waals surface area contributed by atoms with Crippen LogP contribution in [0.15, 0.2) is 47.4 Å². The average molecular weight is 505 g/mol. The molecular formula is C25H23F3N2O4S. The van der Waals surface area contributed by atoms with Crippen LogP contribution < -0.4 is 4.90 Å². The number of sulfone groups is 1. The highest BCUT2D eigenvalue weighted by molar-refractivity contribution is 7.90. The van der Waals surface area contributed by atoms with Crippen LogP contribution in [-0.2, 0) is 14.6 Å². The van der Waals surface area contributed by atoms with Gasteiger partial charge in [-0.1, -0.05) is 12.1 Å². The van der Waals surface area contributed by atoms with E-state index < -0.39 is 27.4 Å². The molecule has 0 amide bonds. The standard InChI is InChI=1S/C25H23F3N2O4S/c1-14-22(24(31)25(26,27)28)23(15-3-8-19(9-4-15)35(2,32)33)20-11-16(5-10-21(20)29-14)30-12-17-6-7-18(13-30)34-17/h3-5,8-11,17-18H,6-7,12-13H2,1-2H3. The summed E-state index contributed by atoms with van der Waals surface area (Å²) in [6.45, 7) is 2.72.